The lowest BCUT2D eigenvalue weighted by Gasteiger charge is -2.32. The highest BCUT2D eigenvalue weighted by Gasteiger charge is 2.35. The van der Waals surface area contributed by atoms with Gasteiger partial charge < -0.3 is 20.4 Å². The van der Waals surface area contributed by atoms with Crippen molar-refractivity contribution in [3.05, 3.63) is 180 Å². The van der Waals surface area contributed by atoms with E-state index < -0.39 is 0 Å². The number of hydrogen-bond donors (Lipinski definition) is 1. The number of rotatable bonds is 5. The Balaban J connectivity index is 1.02. The molecule has 0 saturated heterocycles. The monoisotopic (exact) mass is 836 g/mol. The average Bonchev–Trinajstić information content (AvgIpc) is 3.57. The van der Waals surface area contributed by atoms with Crippen molar-refractivity contribution >= 4 is 131 Å². The Kier molecular flexibility index (Phi) is 6.97. The van der Waals surface area contributed by atoms with Gasteiger partial charge in [0, 0.05) is 41.6 Å². The maximum Gasteiger partial charge on any atom is 0.259 e. The summed E-state index contributed by atoms with van der Waals surface area (Å²) in [7, 11) is 4.23. The van der Waals surface area contributed by atoms with Crippen LogP contribution in [0.2, 0.25) is 0 Å². The minimum atomic E-state index is -0.125. The normalized spacial score (nSPS) is 16.0. The third-order valence-electron chi connectivity index (χ3n) is 15.2. The van der Waals surface area contributed by atoms with Gasteiger partial charge >= 0.3 is 0 Å². The molecule has 308 valence electrons. The number of nitrogens with two attached hydrogens (primary N) is 1. The molecule has 2 N–H and O–H groups in total. The van der Waals surface area contributed by atoms with E-state index in [1.54, 1.807) is 0 Å². The third-order valence-corrected chi connectivity index (χ3v) is 15.2. The van der Waals surface area contributed by atoms with Gasteiger partial charge in [0.15, 0.2) is 6.29 Å². The molecule has 1 atom stereocenters. The lowest BCUT2D eigenvalue weighted by Crippen LogP contribution is -2.34. The number of carbonyl (C=O) groups excluding carboxylic acids is 2. The van der Waals surface area contributed by atoms with Crippen LogP contribution in [0.25, 0.3) is 108 Å². The third kappa shape index (κ3) is 4.30. The number of aldehydes is 1. The lowest BCUT2D eigenvalue weighted by atomic mass is 9.80. The summed E-state index contributed by atoms with van der Waals surface area (Å²) in [5.74, 6) is -0.0256. The van der Waals surface area contributed by atoms with Crippen molar-refractivity contribution in [1.29, 1.82) is 0 Å². The van der Waals surface area contributed by atoms with Crippen LogP contribution in [0.1, 0.15) is 44.9 Å². The highest BCUT2D eigenvalue weighted by atomic mass is 16.2. The Morgan fingerprint density at radius 1 is 0.554 bits per heavy atom. The molecule has 0 aliphatic carbocycles. The van der Waals surface area contributed by atoms with E-state index in [1.165, 1.54) is 64.6 Å². The van der Waals surface area contributed by atoms with Crippen LogP contribution in [0.5, 0.6) is 0 Å². The van der Waals surface area contributed by atoms with Crippen LogP contribution in [0.15, 0.2) is 158 Å². The largest absolute Gasteiger partial charge is 0.397 e. The number of fused-ring (bicyclic) bond motifs is 6. The molecular weight excluding hydrogens is 797 g/mol. The molecular formula is C59H40N4O2. The summed E-state index contributed by atoms with van der Waals surface area (Å²) in [5.41, 5.74) is 13.5. The average molecular weight is 837 g/mol. The second-order valence-electron chi connectivity index (χ2n) is 18.1. The van der Waals surface area contributed by atoms with Gasteiger partial charge in [0.05, 0.1) is 29.3 Å². The van der Waals surface area contributed by atoms with E-state index in [0.29, 0.717) is 23.4 Å². The van der Waals surface area contributed by atoms with Crippen molar-refractivity contribution in [2.24, 2.45) is 0 Å². The maximum absolute atomic E-state index is 14.3. The number of amides is 1. The fourth-order valence-electron chi connectivity index (χ4n) is 12.7. The Bertz CT molecular complexity index is 4120. The number of nitrogens with zero attached hydrogens (tertiary/aromatic N) is 3. The van der Waals surface area contributed by atoms with Gasteiger partial charge in [-0.25, -0.2) is 0 Å². The molecule has 1 unspecified atom stereocenters. The molecule has 6 nitrogen and oxygen atoms in total. The van der Waals surface area contributed by atoms with Gasteiger partial charge in [-0.15, -0.1) is 0 Å². The number of benzene rings is 12. The van der Waals surface area contributed by atoms with Crippen LogP contribution in [-0.2, 0) is 6.54 Å². The molecule has 0 bridgehead atoms. The smallest absolute Gasteiger partial charge is 0.259 e. The van der Waals surface area contributed by atoms with Gasteiger partial charge in [-0.1, -0.05) is 116 Å². The van der Waals surface area contributed by atoms with Crippen LogP contribution < -0.4 is 10.6 Å². The summed E-state index contributed by atoms with van der Waals surface area (Å²) < 4.78 is 0. The molecule has 14 rings (SSSR count). The van der Waals surface area contributed by atoms with E-state index in [4.69, 9.17) is 5.73 Å². The molecule has 2 aliphatic heterocycles. The summed E-state index contributed by atoms with van der Waals surface area (Å²) in [6.45, 7) is 6.66. The number of allylic oxidation sites excluding steroid dienone is 3. The quantitative estimate of drug-likeness (QED) is 0.0809. The predicted molar refractivity (Wildman–Crippen MR) is 272 cm³/mol. The SMILES string of the molecule is C=CC1=C(/C=C\C)N(C)C(c2ccc3c4ccc5c6ccc7c8ccc9c%10c(ccc(c%11ccc(c%12ccc(c%13ccc(C=O)c2c%133)c4c%125)c6c%117)c%108)C(=O)N(c2ccccc2N)C9)N1C. The van der Waals surface area contributed by atoms with Crippen LogP contribution in [0.4, 0.5) is 11.4 Å². The number of hydrogen-bond acceptors (Lipinski definition) is 5. The molecule has 0 aromatic heterocycles. The number of nitrogen functional groups attached to an aromatic ring is 1. The van der Waals surface area contributed by atoms with E-state index in [0.717, 1.165) is 77.6 Å². The molecule has 1 amide bonds. The zero-order valence-corrected chi connectivity index (χ0v) is 36.1. The van der Waals surface area contributed by atoms with Gasteiger partial charge in [-0.05, 0) is 140 Å². The summed E-state index contributed by atoms with van der Waals surface area (Å²) in [6.07, 6.45) is 7.00. The Hall–Kier alpha value is -8.22. The Morgan fingerprint density at radius 3 is 1.51 bits per heavy atom. The van der Waals surface area contributed by atoms with Crippen LogP contribution >= 0.6 is 0 Å². The second kappa shape index (κ2) is 12.5. The number of carbonyl (C=O) groups is 2. The van der Waals surface area contributed by atoms with Crippen LogP contribution in [0.3, 0.4) is 0 Å². The lowest BCUT2D eigenvalue weighted by molar-refractivity contribution is 0.0984. The fourth-order valence-corrected chi connectivity index (χ4v) is 12.7. The minimum Gasteiger partial charge on any atom is -0.397 e. The maximum atomic E-state index is 14.3. The first-order chi connectivity index (χ1) is 31.8. The van der Waals surface area contributed by atoms with Crippen molar-refractivity contribution in [3.8, 4) is 0 Å². The first-order valence-corrected chi connectivity index (χ1v) is 22.3. The number of para-hydroxylation sites is 2. The number of anilines is 2. The minimum absolute atomic E-state index is 0.0256. The van der Waals surface area contributed by atoms with E-state index in [9.17, 15) is 9.59 Å². The summed E-state index contributed by atoms with van der Waals surface area (Å²) >= 11 is 0. The van der Waals surface area contributed by atoms with Gasteiger partial charge in [0.1, 0.15) is 6.17 Å². The standard InChI is InChI=1S/C59H40N4O2/c1-5-9-49-47(6-2)61(3)58(62(49)4)44-26-24-34-38-18-22-42-40-20-16-36-32-14-12-30-28-63(48-11-8-7-10-46(48)60)59(65)45-27-25-35(52(32)50(30)45)39-19-23-43(56(40)54(36)39)41-21-17-37(55(38)57(41)42)33-15-13-31(29-64)51(44)53(33)34/h5-27,29,58H,2,28,60H2,1,3-4H3/b9-5-. The Labute approximate surface area is 373 Å². The van der Waals surface area contributed by atoms with Gasteiger partial charge in [-0.2, -0.15) is 0 Å². The van der Waals surface area contributed by atoms with Crippen LogP contribution in [0, 0.1) is 0 Å². The van der Waals surface area contributed by atoms with Gasteiger partial charge in [-0.3, -0.25) is 9.59 Å². The first-order valence-electron chi connectivity index (χ1n) is 22.3. The Morgan fingerprint density at radius 2 is 1.00 bits per heavy atom. The van der Waals surface area contributed by atoms with E-state index in [2.05, 4.69) is 128 Å². The molecule has 12 aromatic rings. The van der Waals surface area contributed by atoms with Crippen molar-refractivity contribution in [3.63, 3.8) is 0 Å². The van der Waals surface area contributed by atoms with Crippen molar-refractivity contribution in [2.75, 3.05) is 24.7 Å². The molecule has 0 saturated carbocycles. The summed E-state index contributed by atoms with van der Waals surface area (Å²) in [6, 6.07) is 43.5. The predicted octanol–water partition coefficient (Wildman–Crippen LogP) is 13.9. The number of likely N-dealkylation sites (N-methyl/N-ethyl adjacent to an activating group) is 2. The molecule has 6 heteroatoms. The molecule has 0 spiro atoms. The summed E-state index contributed by atoms with van der Waals surface area (Å²) in [4.78, 5) is 33.6. The molecule has 0 fully saturated rings. The summed E-state index contributed by atoms with van der Waals surface area (Å²) in [5, 5.41) is 23.7. The highest BCUT2D eigenvalue weighted by molar-refractivity contribution is 6.46. The molecule has 0 radical (unpaired) electrons. The molecule has 2 heterocycles. The van der Waals surface area contributed by atoms with Gasteiger partial charge in [0.25, 0.3) is 5.91 Å². The topological polar surface area (TPSA) is 69.9 Å². The zero-order valence-electron chi connectivity index (χ0n) is 36.1. The molecule has 65 heavy (non-hydrogen) atoms. The van der Waals surface area contributed by atoms with Gasteiger partial charge in [0.2, 0.25) is 0 Å². The first kappa shape index (κ1) is 36.3. The fraction of sp³-hybridized carbons (Fsp3) is 0.0847. The van der Waals surface area contributed by atoms with Crippen molar-refractivity contribution in [2.45, 2.75) is 19.6 Å². The molecule has 2 aliphatic rings. The molecule has 12 aromatic carbocycles. The second-order valence-corrected chi connectivity index (χ2v) is 18.1. The van der Waals surface area contributed by atoms with E-state index in [1.807, 2.05) is 54.3 Å². The highest BCUT2D eigenvalue weighted by Crippen LogP contribution is 2.53. The van der Waals surface area contributed by atoms with Crippen LogP contribution in [-0.4, -0.2) is 36.1 Å². The van der Waals surface area contributed by atoms with Crippen molar-refractivity contribution in [1.82, 2.24) is 9.80 Å². The zero-order chi connectivity index (χ0) is 43.7. The van der Waals surface area contributed by atoms with E-state index >= 15 is 0 Å². The van der Waals surface area contributed by atoms with Crippen molar-refractivity contribution < 1.29 is 9.59 Å². The van der Waals surface area contributed by atoms with E-state index in [-0.39, 0.29) is 12.1 Å².